The van der Waals surface area contributed by atoms with Gasteiger partial charge in [-0.25, -0.2) is 9.78 Å². The van der Waals surface area contributed by atoms with E-state index in [1.54, 1.807) is 0 Å². The maximum Gasteiger partial charge on any atom is 0.357 e. The summed E-state index contributed by atoms with van der Waals surface area (Å²) in [6, 6.07) is 0. The predicted octanol–water partition coefficient (Wildman–Crippen LogP) is 2.74. The average molecular weight is 389 g/mol. The molecule has 0 fully saturated rings. The molecular weight excluding hydrogens is 384 g/mol. The van der Waals surface area contributed by atoms with Crippen molar-refractivity contribution in [3.63, 3.8) is 0 Å². The zero-order valence-corrected chi connectivity index (χ0v) is 11.7. The highest BCUT2D eigenvalue weighted by Crippen LogP contribution is 2.35. The fourth-order valence-corrected chi connectivity index (χ4v) is 2.16. The van der Waals surface area contributed by atoms with Crippen LogP contribution in [0.4, 0.5) is 5.69 Å². The number of halogens is 3. The molecule has 14 heavy (non-hydrogen) atoms. The molecule has 7 heteroatoms. The Morgan fingerprint density at radius 3 is 2.43 bits per heavy atom. The van der Waals surface area contributed by atoms with Crippen molar-refractivity contribution in [1.82, 2.24) is 4.98 Å². The number of pyridine rings is 1. The number of anilines is 1. The van der Waals surface area contributed by atoms with Crippen LogP contribution in [-0.4, -0.2) is 18.1 Å². The van der Waals surface area contributed by atoms with E-state index in [0.29, 0.717) is 19.2 Å². The van der Waals surface area contributed by atoms with Gasteiger partial charge < -0.3 is 10.5 Å². The van der Waals surface area contributed by atoms with E-state index in [2.05, 4.69) is 57.5 Å². The molecule has 1 heterocycles. The zero-order chi connectivity index (χ0) is 10.9. The van der Waals surface area contributed by atoms with E-state index in [1.807, 2.05) is 0 Å². The van der Waals surface area contributed by atoms with Crippen molar-refractivity contribution >= 4 is 59.4 Å². The first-order chi connectivity index (χ1) is 6.49. The van der Waals surface area contributed by atoms with Gasteiger partial charge in [0.1, 0.15) is 4.60 Å². The van der Waals surface area contributed by atoms with E-state index >= 15 is 0 Å². The maximum absolute atomic E-state index is 11.2. The molecular formula is C7H5Br3N2O2. The maximum atomic E-state index is 11.2. The second-order valence-electron chi connectivity index (χ2n) is 2.28. The van der Waals surface area contributed by atoms with E-state index in [9.17, 15) is 4.79 Å². The Bertz CT molecular complexity index is 395. The van der Waals surface area contributed by atoms with Crippen molar-refractivity contribution in [3.8, 4) is 0 Å². The summed E-state index contributed by atoms with van der Waals surface area (Å²) in [5.41, 5.74) is 6.24. The third kappa shape index (κ3) is 2.09. The van der Waals surface area contributed by atoms with Gasteiger partial charge in [0.15, 0.2) is 5.69 Å². The largest absolute Gasteiger partial charge is 0.464 e. The molecule has 0 unspecified atom stereocenters. The molecule has 4 nitrogen and oxygen atoms in total. The predicted molar refractivity (Wildman–Crippen MR) is 63.1 cm³/mol. The molecule has 76 valence electrons. The molecule has 0 spiro atoms. The quantitative estimate of drug-likeness (QED) is 0.593. The van der Waals surface area contributed by atoms with E-state index < -0.39 is 5.97 Å². The van der Waals surface area contributed by atoms with Gasteiger partial charge in [0, 0.05) is 0 Å². The highest BCUT2D eigenvalue weighted by atomic mass is 79.9. The second-order valence-corrected chi connectivity index (χ2v) is 4.62. The number of nitrogens with zero attached hydrogens (tertiary/aromatic N) is 1. The number of methoxy groups -OCH3 is 1. The van der Waals surface area contributed by atoms with Crippen molar-refractivity contribution in [2.75, 3.05) is 12.8 Å². The summed E-state index contributed by atoms with van der Waals surface area (Å²) in [7, 11) is 1.28. The van der Waals surface area contributed by atoms with Crippen LogP contribution in [0.5, 0.6) is 0 Å². The Kier molecular flexibility index (Phi) is 3.91. The molecule has 0 aliphatic rings. The second kappa shape index (κ2) is 4.59. The minimum absolute atomic E-state index is 0.139. The smallest absolute Gasteiger partial charge is 0.357 e. The first-order valence-corrected chi connectivity index (χ1v) is 5.75. The lowest BCUT2D eigenvalue weighted by Gasteiger charge is -2.07. The summed E-state index contributed by atoms with van der Waals surface area (Å²) in [5.74, 6) is -0.545. The van der Waals surface area contributed by atoms with Gasteiger partial charge in [-0.1, -0.05) is 0 Å². The summed E-state index contributed by atoms with van der Waals surface area (Å²) >= 11 is 9.55. The summed E-state index contributed by atoms with van der Waals surface area (Å²) in [6.07, 6.45) is 0. The van der Waals surface area contributed by atoms with Gasteiger partial charge in [0.05, 0.1) is 21.7 Å². The Labute approximate surface area is 106 Å². The van der Waals surface area contributed by atoms with Gasteiger partial charge in [-0.2, -0.15) is 0 Å². The van der Waals surface area contributed by atoms with E-state index in [1.165, 1.54) is 7.11 Å². The first kappa shape index (κ1) is 11.9. The number of rotatable bonds is 1. The molecule has 2 N–H and O–H groups in total. The molecule has 1 aromatic rings. The van der Waals surface area contributed by atoms with Crippen molar-refractivity contribution in [2.24, 2.45) is 0 Å². The number of nitrogen functional groups attached to an aromatic ring is 1. The Morgan fingerprint density at radius 2 is 1.93 bits per heavy atom. The van der Waals surface area contributed by atoms with Gasteiger partial charge in [-0.3, -0.25) is 0 Å². The third-order valence-electron chi connectivity index (χ3n) is 1.45. The van der Waals surface area contributed by atoms with Crippen LogP contribution in [0, 0.1) is 0 Å². The van der Waals surface area contributed by atoms with Crippen molar-refractivity contribution in [1.29, 1.82) is 0 Å². The Balaban J connectivity index is 3.40. The van der Waals surface area contributed by atoms with Crippen molar-refractivity contribution in [3.05, 3.63) is 19.2 Å². The fourth-order valence-electron chi connectivity index (χ4n) is 0.763. The lowest BCUT2D eigenvalue weighted by atomic mass is 10.3. The van der Waals surface area contributed by atoms with Gasteiger partial charge >= 0.3 is 5.97 Å². The van der Waals surface area contributed by atoms with Crippen LogP contribution in [0.15, 0.2) is 13.5 Å². The monoisotopic (exact) mass is 386 g/mol. The summed E-state index contributed by atoms with van der Waals surface area (Å²) in [6.45, 7) is 0. The molecule has 0 amide bonds. The highest BCUT2D eigenvalue weighted by molar-refractivity contribution is 9.13. The van der Waals surface area contributed by atoms with Crippen LogP contribution in [0.3, 0.4) is 0 Å². The molecule has 0 saturated carbocycles. The summed E-state index contributed by atoms with van der Waals surface area (Å²) < 4.78 is 6.01. The van der Waals surface area contributed by atoms with Crippen LogP contribution in [0.1, 0.15) is 10.5 Å². The molecule has 0 atom stereocenters. The normalized spacial score (nSPS) is 10.0. The standard InChI is InChI=1S/C7H5Br3N2O2/c1-14-7(13)5-2(8)4(11)3(9)6(10)12-5/h1H3,(H2,11,12). The van der Waals surface area contributed by atoms with E-state index in [0.717, 1.165) is 0 Å². The van der Waals surface area contributed by atoms with Crippen LogP contribution in [0.2, 0.25) is 0 Å². The average Bonchev–Trinajstić information content (AvgIpc) is 2.19. The van der Waals surface area contributed by atoms with Gasteiger partial charge in [0.2, 0.25) is 0 Å². The lowest BCUT2D eigenvalue weighted by Crippen LogP contribution is -2.08. The van der Waals surface area contributed by atoms with E-state index in [-0.39, 0.29) is 5.69 Å². The van der Waals surface area contributed by atoms with Crippen LogP contribution in [0.25, 0.3) is 0 Å². The summed E-state index contributed by atoms with van der Waals surface area (Å²) in [4.78, 5) is 15.2. The fraction of sp³-hybridized carbons (Fsp3) is 0.143. The summed E-state index contributed by atoms with van der Waals surface area (Å²) in [5, 5.41) is 0. The molecule has 1 rings (SSSR count). The first-order valence-electron chi connectivity index (χ1n) is 3.37. The topological polar surface area (TPSA) is 65.2 Å². The van der Waals surface area contributed by atoms with Crippen molar-refractivity contribution < 1.29 is 9.53 Å². The van der Waals surface area contributed by atoms with Crippen LogP contribution in [-0.2, 0) is 4.74 Å². The molecule has 0 saturated heterocycles. The number of ether oxygens (including phenoxy) is 1. The van der Waals surface area contributed by atoms with E-state index in [4.69, 9.17) is 5.73 Å². The Morgan fingerprint density at radius 1 is 1.36 bits per heavy atom. The van der Waals surface area contributed by atoms with Crippen molar-refractivity contribution in [2.45, 2.75) is 0 Å². The van der Waals surface area contributed by atoms with Crippen LogP contribution < -0.4 is 5.73 Å². The Hall–Kier alpha value is -0.140. The number of aromatic nitrogens is 1. The number of carbonyl (C=O) groups is 1. The molecule has 1 aromatic heterocycles. The lowest BCUT2D eigenvalue weighted by molar-refractivity contribution is 0.0592. The number of carbonyl (C=O) groups excluding carboxylic acids is 1. The number of hydrogen-bond donors (Lipinski definition) is 1. The molecule has 0 aliphatic carbocycles. The molecule has 0 radical (unpaired) electrons. The molecule has 0 aromatic carbocycles. The van der Waals surface area contributed by atoms with Gasteiger partial charge in [-0.05, 0) is 47.8 Å². The van der Waals surface area contributed by atoms with Gasteiger partial charge in [-0.15, -0.1) is 0 Å². The molecule has 0 bridgehead atoms. The SMILES string of the molecule is COC(=O)c1nc(Br)c(Br)c(N)c1Br. The minimum Gasteiger partial charge on any atom is -0.464 e. The minimum atomic E-state index is -0.545. The van der Waals surface area contributed by atoms with Gasteiger partial charge in [0.25, 0.3) is 0 Å². The molecule has 0 aliphatic heterocycles. The zero-order valence-electron chi connectivity index (χ0n) is 6.97. The number of nitrogens with two attached hydrogens (primary N) is 1. The highest BCUT2D eigenvalue weighted by Gasteiger charge is 2.18. The number of hydrogen-bond acceptors (Lipinski definition) is 4. The van der Waals surface area contributed by atoms with Crippen LogP contribution >= 0.6 is 47.8 Å². The number of esters is 1. The third-order valence-corrected chi connectivity index (χ3v) is 4.16.